The van der Waals surface area contributed by atoms with Crippen LogP contribution in [0.2, 0.25) is 0 Å². The van der Waals surface area contributed by atoms with E-state index in [0.29, 0.717) is 6.04 Å². The molecule has 0 fully saturated rings. The average Bonchev–Trinajstić information content (AvgIpc) is 2.69. The van der Waals surface area contributed by atoms with Crippen molar-refractivity contribution in [3.63, 3.8) is 0 Å². The molecule has 2 rings (SSSR count). The molecule has 0 aromatic heterocycles. The number of nitrogens with zero attached hydrogens (tertiary/aromatic N) is 2. The van der Waals surface area contributed by atoms with Gasteiger partial charge in [0.15, 0.2) is 0 Å². The summed E-state index contributed by atoms with van der Waals surface area (Å²) < 4.78 is 0. The quantitative estimate of drug-likeness (QED) is 0.515. The van der Waals surface area contributed by atoms with Crippen molar-refractivity contribution in [2.45, 2.75) is 59.0 Å². The second kappa shape index (κ2) is 10.4. The van der Waals surface area contributed by atoms with Crippen LogP contribution in [0.5, 0.6) is 0 Å². The molecule has 0 aliphatic rings. The molecule has 3 nitrogen and oxygen atoms in total. The zero-order valence-electron chi connectivity index (χ0n) is 19.0. The summed E-state index contributed by atoms with van der Waals surface area (Å²) in [6.45, 7) is 16.3. The van der Waals surface area contributed by atoms with Gasteiger partial charge in [0.25, 0.3) is 0 Å². The van der Waals surface area contributed by atoms with Crippen LogP contribution < -0.4 is 5.32 Å². The first kappa shape index (κ1) is 22.9. The van der Waals surface area contributed by atoms with Crippen LogP contribution >= 0.6 is 0 Å². The third-order valence-electron chi connectivity index (χ3n) is 5.05. The summed E-state index contributed by atoms with van der Waals surface area (Å²) in [5, 5.41) is 3.71. The fourth-order valence-corrected chi connectivity index (χ4v) is 3.31. The number of nitrogens with one attached hydrogen (secondary N) is 1. The summed E-state index contributed by atoms with van der Waals surface area (Å²) in [5.74, 6) is 0. The fourth-order valence-electron chi connectivity index (χ4n) is 3.31. The van der Waals surface area contributed by atoms with Crippen molar-refractivity contribution in [2.75, 3.05) is 13.6 Å². The number of para-hydroxylation sites is 1. The molecule has 0 amide bonds. The largest absolute Gasteiger partial charge is 0.374 e. The Morgan fingerprint density at radius 2 is 1.79 bits per heavy atom. The Bertz CT molecular complexity index is 813. The molecule has 1 N–H and O–H groups in total. The standard InChI is InChI=1S/C26H37N3/c1-8-23(28-26(4,5)6)17-18-29(7)21(3)24-11-9-10-12-25(24)27-19-22-15-13-20(2)14-16-22/h9-16,19,23,28H,3,8,17-18H2,1-2,4-7H3. The zero-order valence-corrected chi connectivity index (χ0v) is 19.0. The Morgan fingerprint density at radius 1 is 1.14 bits per heavy atom. The van der Waals surface area contributed by atoms with E-state index in [4.69, 9.17) is 4.99 Å². The minimum absolute atomic E-state index is 0.132. The van der Waals surface area contributed by atoms with Crippen LogP contribution in [0, 0.1) is 6.92 Å². The van der Waals surface area contributed by atoms with Crippen molar-refractivity contribution in [3.8, 4) is 0 Å². The van der Waals surface area contributed by atoms with Gasteiger partial charge in [0.05, 0.1) is 5.69 Å². The highest BCUT2D eigenvalue weighted by atomic mass is 15.1. The van der Waals surface area contributed by atoms with Crippen LogP contribution in [0.15, 0.2) is 60.1 Å². The van der Waals surface area contributed by atoms with Gasteiger partial charge in [0.1, 0.15) is 0 Å². The highest BCUT2D eigenvalue weighted by Gasteiger charge is 2.17. The molecular weight excluding hydrogens is 354 g/mol. The topological polar surface area (TPSA) is 27.6 Å². The molecule has 1 atom stereocenters. The van der Waals surface area contributed by atoms with E-state index >= 15 is 0 Å². The molecule has 0 aliphatic carbocycles. The minimum atomic E-state index is 0.132. The third-order valence-corrected chi connectivity index (χ3v) is 5.05. The molecule has 0 spiro atoms. The van der Waals surface area contributed by atoms with Gasteiger partial charge in [-0.2, -0.15) is 0 Å². The molecule has 0 saturated carbocycles. The summed E-state index contributed by atoms with van der Waals surface area (Å²) in [6, 6.07) is 17.1. The summed E-state index contributed by atoms with van der Waals surface area (Å²) >= 11 is 0. The maximum absolute atomic E-state index is 4.74. The predicted molar refractivity (Wildman–Crippen MR) is 128 cm³/mol. The van der Waals surface area contributed by atoms with Gasteiger partial charge in [0, 0.05) is 42.6 Å². The first-order valence-corrected chi connectivity index (χ1v) is 10.6. The van der Waals surface area contributed by atoms with Crippen molar-refractivity contribution in [1.82, 2.24) is 10.2 Å². The van der Waals surface area contributed by atoms with Crippen LogP contribution in [0.1, 0.15) is 57.2 Å². The van der Waals surface area contributed by atoms with Gasteiger partial charge in [-0.1, -0.05) is 61.5 Å². The van der Waals surface area contributed by atoms with Gasteiger partial charge in [-0.3, -0.25) is 4.99 Å². The number of rotatable bonds is 9. The van der Waals surface area contributed by atoms with E-state index < -0.39 is 0 Å². The van der Waals surface area contributed by atoms with Crippen LogP contribution in [0.3, 0.4) is 0 Å². The molecule has 0 radical (unpaired) electrons. The molecular formula is C26H37N3. The van der Waals surface area contributed by atoms with E-state index in [2.05, 4.69) is 101 Å². The van der Waals surface area contributed by atoms with E-state index in [9.17, 15) is 0 Å². The number of aryl methyl sites for hydroxylation is 1. The number of aliphatic imine (C=N–C) groups is 1. The Hall–Kier alpha value is -2.39. The lowest BCUT2D eigenvalue weighted by molar-refractivity contribution is 0.316. The molecule has 0 bridgehead atoms. The second-order valence-electron chi connectivity index (χ2n) is 8.84. The maximum atomic E-state index is 4.74. The van der Waals surface area contributed by atoms with Gasteiger partial charge in [-0.25, -0.2) is 0 Å². The lowest BCUT2D eigenvalue weighted by Gasteiger charge is -2.30. The number of hydrogen-bond acceptors (Lipinski definition) is 3. The van der Waals surface area contributed by atoms with Gasteiger partial charge < -0.3 is 10.2 Å². The molecule has 0 saturated heterocycles. The van der Waals surface area contributed by atoms with Crippen LogP contribution in [-0.2, 0) is 0 Å². The van der Waals surface area contributed by atoms with Gasteiger partial charge in [0.2, 0.25) is 0 Å². The van der Waals surface area contributed by atoms with E-state index in [1.165, 1.54) is 5.56 Å². The van der Waals surface area contributed by atoms with Crippen LogP contribution in [0.4, 0.5) is 5.69 Å². The lowest BCUT2D eigenvalue weighted by atomic mass is 10.0. The fraction of sp³-hybridized carbons (Fsp3) is 0.423. The highest BCUT2D eigenvalue weighted by Crippen LogP contribution is 2.27. The smallest absolute Gasteiger partial charge is 0.0722 e. The van der Waals surface area contributed by atoms with E-state index in [0.717, 1.165) is 41.9 Å². The molecule has 29 heavy (non-hydrogen) atoms. The van der Waals surface area contributed by atoms with Crippen molar-refractivity contribution < 1.29 is 0 Å². The molecule has 0 aliphatic heterocycles. The monoisotopic (exact) mass is 391 g/mol. The average molecular weight is 392 g/mol. The van der Waals surface area contributed by atoms with Crippen LogP contribution in [-0.4, -0.2) is 36.3 Å². The molecule has 2 aromatic carbocycles. The van der Waals surface area contributed by atoms with Crippen molar-refractivity contribution in [2.24, 2.45) is 4.99 Å². The minimum Gasteiger partial charge on any atom is -0.374 e. The summed E-state index contributed by atoms with van der Waals surface area (Å²) in [4.78, 5) is 6.99. The SMILES string of the molecule is C=C(c1ccccc1N=Cc1ccc(C)cc1)N(C)CCC(CC)NC(C)(C)C. The van der Waals surface area contributed by atoms with Gasteiger partial charge >= 0.3 is 0 Å². The normalized spacial score (nSPS) is 12.9. The summed E-state index contributed by atoms with van der Waals surface area (Å²) in [7, 11) is 2.12. The Labute approximate surface area is 177 Å². The van der Waals surface area contributed by atoms with Crippen molar-refractivity contribution >= 4 is 17.6 Å². The Kier molecular flexibility index (Phi) is 8.21. The Balaban J connectivity index is 2.07. The first-order chi connectivity index (χ1) is 13.7. The second-order valence-corrected chi connectivity index (χ2v) is 8.84. The highest BCUT2D eigenvalue weighted by molar-refractivity contribution is 5.84. The van der Waals surface area contributed by atoms with Crippen molar-refractivity contribution in [3.05, 3.63) is 71.8 Å². The molecule has 0 heterocycles. The molecule has 3 heteroatoms. The van der Waals surface area contributed by atoms with Crippen LogP contribution in [0.25, 0.3) is 5.70 Å². The van der Waals surface area contributed by atoms with E-state index in [-0.39, 0.29) is 5.54 Å². The van der Waals surface area contributed by atoms with Gasteiger partial charge in [-0.15, -0.1) is 0 Å². The van der Waals surface area contributed by atoms with E-state index in [1.54, 1.807) is 0 Å². The number of benzene rings is 2. The zero-order chi connectivity index (χ0) is 21.4. The Morgan fingerprint density at radius 3 is 2.41 bits per heavy atom. The lowest BCUT2D eigenvalue weighted by Crippen LogP contribution is -2.44. The molecule has 1 unspecified atom stereocenters. The summed E-state index contributed by atoms with van der Waals surface area (Å²) in [5.41, 5.74) is 5.52. The number of hydrogen-bond donors (Lipinski definition) is 1. The third kappa shape index (κ3) is 7.51. The molecule has 2 aromatic rings. The molecule has 156 valence electrons. The maximum Gasteiger partial charge on any atom is 0.0722 e. The van der Waals surface area contributed by atoms with E-state index in [1.807, 2.05) is 12.3 Å². The van der Waals surface area contributed by atoms with Crippen molar-refractivity contribution in [1.29, 1.82) is 0 Å². The van der Waals surface area contributed by atoms with Gasteiger partial charge in [-0.05, 0) is 52.2 Å². The summed E-state index contributed by atoms with van der Waals surface area (Å²) in [6.07, 6.45) is 4.12. The predicted octanol–water partition coefficient (Wildman–Crippen LogP) is 6.20. The first-order valence-electron chi connectivity index (χ1n) is 10.6.